The predicted molar refractivity (Wildman–Crippen MR) is 69.2 cm³/mol. The van der Waals surface area contributed by atoms with Crippen molar-refractivity contribution >= 4 is 5.69 Å². The minimum atomic E-state index is -0.480. The minimum absolute atomic E-state index is 0.0686. The number of nitrogens with zero attached hydrogens (tertiary/aromatic N) is 3. The Morgan fingerprint density at radius 3 is 2.85 bits per heavy atom. The van der Waals surface area contributed by atoms with Gasteiger partial charge in [0, 0.05) is 12.6 Å². The van der Waals surface area contributed by atoms with Gasteiger partial charge in [-0.25, -0.2) is 4.63 Å². The Morgan fingerprint density at radius 2 is 2.25 bits per heavy atom. The maximum atomic E-state index is 11.0. The largest absolute Gasteiger partial charge is 0.480 e. The summed E-state index contributed by atoms with van der Waals surface area (Å²) in [5, 5.41) is 21.3. The molecule has 8 heteroatoms. The summed E-state index contributed by atoms with van der Waals surface area (Å²) < 4.78 is 10.0. The quantitative estimate of drug-likeness (QED) is 0.632. The molecule has 0 saturated heterocycles. The van der Waals surface area contributed by atoms with Crippen LogP contribution in [0.4, 0.5) is 5.69 Å². The van der Waals surface area contributed by atoms with Crippen molar-refractivity contribution in [2.24, 2.45) is 0 Å². The van der Waals surface area contributed by atoms with Crippen molar-refractivity contribution in [1.82, 2.24) is 15.6 Å². The minimum Gasteiger partial charge on any atom is -0.480 e. The van der Waals surface area contributed by atoms with E-state index in [9.17, 15) is 10.1 Å². The fraction of sp³-hybridized carbons (Fsp3) is 0.333. The number of hydrogen-bond donors (Lipinski definition) is 1. The SMILES string of the molecule is CNCc1ccc([N+](=O)[O-])c(OCc2nonc2C)c1. The van der Waals surface area contributed by atoms with Gasteiger partial charge in [-0.05, 0) is 25.6 Å². The number of aryl methyl sites for hydroxylation is 1. The van der Waals surface area contributed by atoms with Crippen LogP contribution in [0.2, 0.25) is 0 Å². The van der Waals surface area contributed by atoms with Gasteiger partial charge in [0.2, 0.25) is 0 Å². The van der Waals surface area contributed by atoms with Gasteiger partial charge >= 0.3 is 5.69 Å². The van der Waals surface area contributed by atoms with Crippen molar-refractivity contribution < 1.29 is 14.3 Å². The van der Waals surface area contributed by atoms with E-state index in [0.717, 1.165) is 5.56 Å². The number of rotatable bonds is 6. The van der Waals surface area contributed by atoms with Gasteiger partial charge in [-0.15, -0.1) is 0 Å². The van der Waals surface area contributed by atoms with Gasteiger partial charge in [0.1, 0.15) is 18.0 Å². The van der Waals surface area contributed by atoms with Crippen LogP contribution in [0.15, 0.2) is 22.8 Å². The first-order valence-electron chi connectivity index (χ1n) is 5.94. The molecule has 1 N–H and O–H groups in total. The van der Waals surface area contributed by atoms with E-state index in [1.807, 2.05) is 0 Å². The van der Waals surface area contributed by atoms with Crippen LogP contribution in [-0.4, -0.2) is 22.3 Å². The molecule has 0 aliphatic heterocycles. The Bertz CT molecular complexity index is 611. The first kappa shape index (κ1) is 13.9. The molecule has 0 amide bonds. The van der Waals surface area contributed by atoms with E-state index in [2.05, 4.69) is 20.3 Å². The molecular formula is C12H14N4O4. The lowest BCUT2D eigenvalue weighted by molar-refractivity contribution is -0.386. The number of nitrogens with one attached hydrogen (secondary N) is 1. The van der Waals surface area contributed by atoms with Crippen molar-refractivity contribution in [1.29, 1.82) is 0 Å². The first-order chi connectivity index (χ1) is 9.61. The molecule has 0 atom stereocenters. The van der Waals surface area contributed by atoms with Gasteiger partial charge in [-0.1, -0.05) is 16.4 Å². The Balaban J connectivity index is 2.21. The number of aromatic nitrogens is 2. The molecule has 1 aromatic carbocycles. The maximum Gasteiger partial charge on any atom is 0.310 e. The summed E-state index contributed by atoms with van der Waals surface area (Å²) in [7, 11) is 1.80. The van der Waals surface area contributed by atoms with E-state index in [4.69, 9.17) is 4.74 Å². The first-order valence-corrected chi connectivity index (χ1v) is 5.94. The Kier molecular flexibility index (Phi) is 4.26. The molecule has 1 aromatic heterocycles. The average molecular weight is 278 g/mol. The fourth-order valence-corrected chi connectivity index (χ4v) is 1.67. The Morgan fingerprint density at radius 1 is 1.45 bits per heavy atom. The third-order valence-corrected chi connectivity index (χ3v) is 2.71. The molecule has 0 unspecified atom stereocenters. The predicted octanol–water partition coefficient (Wildman–Crippen LogP) is 1.58. The number of nitro groups is 1. The molecule has 8 nitrogen and oxygen atoms in total. The highest BCUT2D eigenvalue weighted by Gasteiger charge is 2.17. The summed E-state index contributed by atoms with van der Waals surface area (Å²) in [6.07, 6.45) is 0. The molecule has 0 aliphatic rings. The zero-order valence-corrected chi connectivity index (χ0v) is 11.1. The molecule has 1 heterocycles. The topological polar surface area (TPSA) is 103 Å². The van der Waals surface area contributed by atoms with Crippen LogP contribution < -0.4 is 10.1 Å². The summed E-state index contributed by atoms with van der Waals surface area (Å²) in [5.41, 5.74) is 1.92. The molecule has 20 heavy (non-hydrogen) atoms. The second-order valence-electron chi connectivity index (χ2n) is 4.17. The Hall–Kier alpha value is -2.48. The van der Waals surface area contributed by atoms with E-state index in [1.165, 1.54) is 6.07 Å². The van der Waals surface area contributed by atoms with Crippen LogP contribution in [0.25, 0.3) is 0 Å². The van der Waals surface area contributed by atoms with E-state index in [1.54, 1.807) is 26.1 Å². The summed E-state index contributed by atoms with van der Waals surface area (Å²) in [5.74, 6) is 0.199. The normalized spacial score (nSPS) is 10.5. The van der Waals surface area contributed by atoms with E-state index < -0.39 is 4.92 Å². The molecule has 0 spiro atoms. The van der Waals surface area contributed by atoms with Gasteiger partial charge in [0.25, 0.3) is 0 Å². The molecule has 106 valence electrons. The highest BCUT2D eigenvalue weighted by Crippen LogP contribution is 2.28. The molecule has 0 radical (unpaired) electrons. The summed E-state index contributed by atoms with van der Waals surface area (Å²) >= 11 is 0. The molecule has 0 bridgehead atoms. The summed E-state index contributed by atoms with van der Waals surface area (Å²) in [6, 6.07) is 4.75. The van der Waals surface area contributed by atoms with Crippen LogP contribution in [-0.2, 0) is 13.2 Å². The second-order valence-corrected chi connectivity index (χ2v) is 4.17. The highest BCUT2D eigenvalue weighted by molar-refractivity contribution is 5.48. The van der Waals surface area contributed by atoms with Gasteiger partial charge in [-0.2, -0.15) is 0 Å². The standard InChI is InChI=1S/C12H14N4O4/c1-8-10(15-20-14-8)7-19-12-5-9(6-13-2)3-4-11(12)16(17)18/h3-5,13H,6-7H2,1-2H3. The van der Waals surface area contributed by atoms with Crippen LogP contribution in [0.5, 0.6) is 5.75 Å². The van der Waals surface area contributed by atoms with Crippen molar-refractivity contribution in [3.63, 3.8) is 0 Å². The van der Waals surface area contributed by atoms with Gasteiger partial charge in [-0.3, -0.25) is 10.1 Å². The van der Waals surface area contributed by atoms with Crippen LogP contribution in [0.3, 0.4) is 0 Å². The fourth-order valence-electron chi connectivity index (χ4n) is 1.67. The van der Waals surface area contributed by atoms with Crippen LogP contribution in [0.1, 0.15) is 17.0 Å². The average Bonchev–Trinajstić information content (AvgIpc) is 2.82. The molecule has 2 aromatic rings. The van der Waals surface area contributed by atoms with Gasteiger partial charge in [0.15, 0.2) is 5.75 Å². The Labute approximate surface area is 114 Å². The summed E-state index contributed by atoms with van der Waals surface area (Å²) in [6.45, 7) is 2.39. The number of nitro benzene ring substituents is 1. The smallest absolute Gasteiger partial charge is 0.310 e. The van der Waals surface area contributed by atoms with Crippen LogP contribution in [0, 0.1) is 17.0 Å². The molecule has 0 saturated carbocycles. The van der Waals surface area contributed by atoms with Gasteiger partial charge in [0.05, 0.1) is 4.92 Å². The van der Waals surface area contributed by atoms with Crippen molar-refractivity contribution in [3.8, 4) is 5.75 Å². The van der Waals surface area contributed by atoms with Crippen LogP contribution >= 0.6 is 0 Å². The van der Waals surface area contributed by atoms with Crippen molar-refractivity contribution in [2.75, 3.05) is 7.05 Å². The second kappa shape index (κ2) is 6.11. The monoisotopic (exact) mass is 278 g/mol. The molecule has 2 rings (SSSR count). The van der Waals surface area contributed by atoms with Gasteiger partial charge < -0.3 is 10.1 Å². The van der Waals surface area contributed by atoms with Crippen molar-refractivity contribution in [3.05, 3.63) is 45.3 Å². The third kappa shape index (κ3) is 3.09. The molecule has 0 fully saturated rings. The van der Waals surface area contributed by atoms with E-state index in [0.29, 0.717) is 17.9 Å². The molecular weight excluding hydrogens is 264 g/mol. The van der Waals surface area contributed by atoms with E-state index in [-0.39, 0.29) is 18.0 Å². The van der Waals surface area contributed by atoms with E-state index >= 15 is 0 Å². The maximum absolute atomic E-state index is 11.0. The lowest BCUT2D eigenvalue weighted by atomic mass is 10.2. The number of benzene rings is 1. The van der Waals surface area contributed by atoms with Crippen molar-refractivity contribution in [2.45, 2.75) is 20.1 Å². The molecule has 0 aliphatic carbocycles. The zero-order valence-electron chi connectivity index (χ0n) is 11.1. The third-order valence-electron chi connectivity index (χ3n) is 2.71. The zero-order chi connectivity index (χ0) is 14.5. The highest BCUT2D eigenvalue weighted by atomic mass is 16.6. The number of ether oxygens (including phenoxy) is 1. The lowest BCUT2D eigenvalue weighted by Gasteiger charge is -2.07. The number of hydrogen-bond acceptors (Lipinski definition) is 7. The lowest BCUT2D eigenvalue weighted by Crippen LogP contribution is -2.06. The summed E-state index contributed by atoms with van der Waals surface area (Å²) in [4.78, 5) is 10.5.